The van der Waals surface area contributed by atoms with Crippen molar-refractivity contribution < 1.29 is 13.2 Å². The third kappa shape index (κ3) is 3.76. The van der Waals surface area contributed by atoms with Gasteiger partial charge in [0.1, 0.15) is 0 Å². The number of thiophene rings is 1. The molecule has 0 aliphatic carbocycles. The van der Waals surface area contributed by atoms with Crippen molar-refractivity contribution >= 4 is 21.4 Å². The number of hydrogen-bond acceptors (Lipinski definition) is 5. The highest BCUT2D eigenvalue weighted by molar-refractivity contribution is 7.89. The third-order valence-electron chi connectivity index (χ3n) is 2.64. The van der Waals surface area contributed by atoms with E-state index < -0.39 is 10.0 Å². The summed E-state index contributed by atoms with van der Waals surface area (Å²) >= 11 is 1.35. The standard InChI is InChI=1S/C11H20N2O3S2/c1-8(2)9(7-16-3)13-18(14,15)11-4-5-17-10(11)6-12/h4-5,8-9,13H,6-7,12H2,1-3H3. The summed E-state index contributed by atoms with van der Waals surface area (Å²) in [5.74, 6) is 0.152. The van der Waals surface area contributed by atoms with Crippen molar-refractivity contribution in [2.24, 2.45) is 11.7 Å². The summed E-state index contributed by atoms with van der Waals surface area (Å²) in [6.07, 6.45) is 0. The number of hydrogen-bond donors (Lipinski definition) is 2. The van der Waals surface area contributed by atoms with Crippen molar-refractivity contribution in [1.82, 2.24) is 4.72 Å². The summed E-state index contributed by atoms with van der Waals surface area (Å²) in [6, 6.07) is 1.34. The normalized spacial score (nSPS) is 14.1. The number of rotatable bonds is 7. The molecule has 1 atom stereocenters. The fourth-order valence-electron chi connectivity index (χ4n) is 1.52. The molecule has 0 aromatic carbocycles. The van der Waals surface area contributed by atoms with E-state index in [0.29, 0.717) is 11.5 Å². The molecule has 104 valence electrons. The largest absolute Gasteiger partial charge is 0.383 e. The average Bonchev–Trinajstić information content (AvgIpc) is 2.76. The van der Waals surface area contributed by atoms with Gasteiger partial charge in [-0.15, -0.1) is 11.3 Å². The molecule has 0 bridgehead atoms. The Kier molecular flexibility index (Phi) is 5.74. The highest BCUT2D eigenvalue weighted by atomic mass is 32.2. The smallest absolute Gasteiger partial charge is 0.242 e. The predicted molar refractivity (Wildman–Crippen MR) is 73.0 cm³/mol. The Bertz CT molecular complexity index is 468. The minimum atomic E-state index is -3.53. The first-order chi connectivity index (χ1) is 8.42. The van der Waals surface area contributed by atoms with E-state index in [1.54, 1.807) is 18.6 Å². The first-order valence-corrected chi connectivity index (χ1v) is 8.06. The van der Waals surface area contributed by atoms with Crippen LogP contribution in [0.3, 0.4) is 0 Å². The second-order valence-corrected chi connectivity index (χ2v) is 7.02. The van der Waals surface area contributed by atoms with E-state index >= 15 is 0 Å². The van der Waals surface area contributed by atoms with Gasteiger partial charge in [0.15, 0.2) is 0 Å². The van der Waals surface area contributed by atoms with Crippen LogP contribution in [0.2, 0.25) is 0 Å². The average molecular weight is 292 g/mol. The number of nitrogens with two attached hydrogens (primary N) is 1. The number of ether oxygens (including phenoxy) is 1. The van der Waals surface area contributed by atoms with Gasteiger partial charge in [-0.25, -0.2) is 13.1 Å². The van der Waals surface area contributed by atoms with Gasteiger partial charge in [-0.05, 0) is 17.4 Å². The lowest BCUT2D eigenvalue weighted by Gasteiger charge is -2.21. The van der Waals surface area contributed by atoms with Crippen LogP contribution >= 0.6 is 11.3 Å². The van der Waals surface area contributed by atoms with Gasteiger partial charge >= 0.3 is 0 Å². The zero-order chi connectivity index (χ0) is 13.8. The van der Waals surface area contributed by atoms with Crippen LogP contribution in [0.15, 0.2) is 16.3 Å². The van der Waals surface area contributed by atoms with Crippen LogP contribution in [0.25, 0.3) is 0 Å². The molecule has 0 radical (unpaired) electrons. The molecule has 5 nitrogen and oxygen atoms in total. The maximum absolute atomic E-state index is 12.2. The van der Waals surface area contributed by atoms with Crippen molar-refractivity contribution in [2.75, 3.05) is 13.7 Å². The molecule has 0 aliphatic rings. The molecular weight excluding hydrogens is 272 g/mol. The molecule has 0 saturated heterocycles. The van der Waals surface area contributed by atoms with Crippen LogP contribution in [0.5, 0.6) is 0 Å². The Balaban J connectivity index is 2.93. The summed E-state index contributed by atoms with van der Waals surface area (Å²) in [5, 5.41) is 1.73. The topological polar surface area (TPSA) is 81.4 Å². The minimum absolute atomic E-state index is 0.152. The first-order valence-electron chi connectivity index (χ1n) is 5.70. The molecule has 1 rings (SSSR count). The summed E-state index contributed by atoms with van der Waals surface area (Å²) in [4.78, 5) is 0.944. The second-order valence-electron chi connectivity index (χ2n) is 4.34. The maximum atomic E-state index is 12.2. The Morgan fingerprint density at radius 3 is 2.67 bits per heavy atom. The molecule has 1 unspecified atom stereocenters. The number of methoxy groups -OCH3 is 1. The fraction of sp³-hybridized carbons (Fsp3) is 0.636. The number of nitrogens with one attached hydrogen (secondary N) is 1. The Morgan fingerprint density at radius 1 is 1.50 bits per heavy atom. The van der Waals surface area contributed by atoms with Gasteiger partial charge in [-0.3, -0.25) is 0 Å². The summed E-state index contributed by atoms with van der Waals surface area (Å²) in [6.45, 7) is 4.47. The highest BCUT2D eigenvalue weighted by Crippen LogP contribution is 2.22. The Labute approximate surface area is 112 Å². The van der Waals surface area contributed by atoms with E-state index in [2.05, 4.69) is 4.72 Å². The van der Waals surface area contributed by atoms with Gasteiger partial charge in [0.25, 0.3) is 0 Å². The molecule has 18 heavy (non-hydrogen) atoms. The lowest BCUT2D eigenvalue weighted by atomic mass is 10.1. The van der Waals surface area contributed by atoms with Crippen molar-refractivity contribution in [3.63, 3.8) is 0 Å². The maximum Gasteiger partial charge on any atom is 0.242 e. The van der Waals surface area contributed by atoms with E-state index in [0.717, 1.165) is 0 Å². The van der Waals surface area contributed by atoms with Gasteiger partial charge in [0, 0.05) is 24.6 Å². The second kappa shape index (κ2) is 6.63. The van der Waals surface area contributed by atoms with Crippen LogP contribution in [0.4, 0.5) is 0 Å². The van der Waals surface area contributed by atoms with Gasteiger partial charge in [-0.2, -0.15) is 0 Å². The van der Waals surface area contributed by atoms with Crippen LogP contribution in [0.1, 0.15) is 18.7 Å². The highest BCUT2D eigenvalue weighted by Gasteiger charge is 2.24. The van der Waals surface area contributed by atoms with Crippen molar-refractivity contribution in [2.45, 2.75) is 31.3 Å². The van der Waals surface area contributed by atoms with Crippen molar-refractivity contribution in [3.8, 4) is 0 Å². The molecule has 1 heterocycles. The quantitative estimate of drug-likeness (QED) is 0.790. The van der Waals surface area contributed by atoms with Gasteiger partial charge in [0.05, 0.1) is 11.5 Å². The summed E-state index contributed by atoms with van der Waals surface area (Å²) in [5.41, 5.74) is 5.53. The van der Waals surface area contributed by atoms with E-state index in [-0.39, 0.29) is 23.4 Å². The Hall–Kier alpha value is -0.470. The molecule has 7 heteroatoms. The lowest BCUT2D eigenvalue weighted by molar-refractivity contribution is 0.157. The van der Waals surface area contributed by atoms with E-state index in [4.69, 9.17) is 10.5 Å². The molecule has 0 saturated carbocycles. The molecule has 3 N–H and O–H groups in total. The van der Waals surface area contributed by atoms with Crippen LogP contribution in [0, 0.1) is 5.92 Å². The molecule has 0 aliphatic heterocycles. The SMILES string of the molecule is COCC(NS(=O)(=O)c1ccsc1CN)C(C)C. The van der Waals surface area contributed by atoms with Crippen molar-refractivity contribution in [3.05, 3.63) is 16.3 Å². The van der Waals surface area contributed by atoms with E-state index in [1.165, 1.54) is 11.3 Å². The number of sulfonamides is 1. The molecule has 1 aromatic rings. The molecule has 0 fully saturated rings. The minimum Gasteiger partial charge on any atom is -0.383 e. The van der Waals surface area contributed by atoms with Crippen molar-refractivity contribution in [1.29, 1.82) is 0 Å². The monoisotopic (exact) mass is 292 g/mol. The zero-order valence-corrected chi connectivity index (χ0v) is 12.5. The first kappa shape index (κ1) is 15.6. The third-order valence-corrected chi connectivity index (χ3v) is 5.28. The molecule has 0 amide bonds. The zero-order valence-electron chi connectivity index (χ0n) is 10.8. The summed E-state index contributed by atoms with van der Waals surface area (Å²) < 4.78 is 32.2. The predicted octanol–water partition coefficient (Wildman–Crippen LogP) is 1.16. The van der Waals surface area contributed by atoms with E-state index in [1.807, 2.05) is 13.8 Å². The van der Waals surface area contributed by atoms with Crippen LogP contribution in [-0.4, -0.2) is 28.2 Å². The van der Waals surface area contributed by atoms with Gasteiger partial charge in [-0.1, -0.05) is 13.8 Å². The molecule has 0 spiro atoms. The van der Waals surface area contributed by atoms with Gasteiger partial charge in [0.2, 0.25) is 10.0 Å². The molecular formula is C11H20N2O3S2. The molecule has 1 aromatic heterocycles. The fourth-order valence-corrected chi connectivity index (χ4v) is 4.23. The van der Waals surface area contributed by atoms with E-state index in [9.17, 15) is 8.42 Å². The van der Waals surface area contributed by atoms with Crippen LogP contribution in [-0.2, 0) is 21.3 Å². The van der Waals surface area contributed by atoms with Gasteiger partial charge < -0.3 is 10.5 Å². The Morgan fingerprint density at radius 2 is 2.17 bits per heavy atom. The summed E-state index contributed by atoms with van der Waals surface area (Å²) in [7, 11) is -1.97. The lowest BCUT2D eigenvalue weighted by Crippen LogP contribution is -2.41. The van der Waals surface area contributed by atoms with Crippen LogP contribution < -0.4 is 10.5 Å².